The standard InChI is InChI=1S/C17H19F2NO2/c1-3-9-22-13-7-8-14(12(2)10-13)15-5-4-6-17(21)20(15)11-16(18)19/h3,5,7-8,10,16H,1,4,6,9,11H2,2H3. The summed E-state index contributed by atoms with van der Waals surface area (Å²) in [6.45, 7) is 5.29. The van der Waals surface area contributed by atoms with Crippen LogP contribution in [0.15, 0.2) is 36.9 Å². The molecule has 1 heterocycles. The molecule has 0 radical (unpaired) electrons. The Balaban J connectivity index is 2.30. The first-order valence-corrected chi connectivity index (χ1v) is 7.16. The zero-order valence-electron chi connectivity index (χ0n) is 12.5. The fourth-order valence-electron chi connectivity index (χ4n) is 2.47. The fourth-order valence-corrected chi connectivity index (χ4v) is 2.47. The molecule has 1 aliphatic rings. The van der Waals surface area contributed by atoms with Crippen molar-refractivity contribution in [1.29, 1.82) is 0 Å². The molecule has 0 saturated heterocycles. The van der Waals surface area contributed by atoms with Crippen molar-refractivity contribution in [3.8, 4) is 5.75 Å². The van der Waals surface area contributed by atoms with Crippen molar-refractivity contribution in [2.45, 2.75) is 26.2 Å². The second-order valence-corrected chi connectivity index (χ2v) is 5.10. The van der Waals surface area contributed by atoms with Gasteiger partial charge in [0.2, 0.25) is 5.91 Å². The lowest BCUT2D eigenvalue weighted by molar-refractivity contribution is -0.129. The minimum atomic E-state index is -2.55. The Kier molecular flexibility index (Phi) is 5.31. The molecular formula is C17H19F2NO2. The predicted molar refractivity (Wildman–Crippen MR) is 81.8 cm³/mol. The highest BCUT2D eigenvalue weighted by atomic mass is 19.3. The Labute approximate surface area is 128 Å². The molecule has 3 nitrogen and oxygen atoms in total. The highest BCUT2D eigenvalue weighted by molar-refractivity contribution is 5.89. The van der Waals surface area contributed by atoms with E-state index in [1.165, 1.54) is 4.90 Å². The number of hydrogen-bond donors (Lipinski definition) is 0. The molecule has 0 aromatic heterocycles. The van der Waals surface area contributed by atoms with Crippen LogP contribution in [0.5, 0.6) is 5.75 Å². The largest absolute Gasteiger partial charge is 0.490 e. The molecule has 1 aliphatic heterocycles. The van der Waals surface area contributed by atoms with E-state index in [0.717, 1.165) is 11.1 Å². The average molecular weight is 307 g/mol. The number of carbonyl (C=O) groups excluding carboxylic acids is 1. The van der Waals surface area contributed by atoms with Gasteiger partial charge in [-0.3, -0.25) is 4.79 Å². The number of allylic oxidation sites excluding steroid dienone is 1. The highest BCUT2D eigenvalue weighted by Gasteiger charge is 2.26. The molecule has 0 N–H and O–H groups in total. The maximum atomic E-state index is 12.7. The van der Waals surface area contributed by atoms with Crippen LogP contribution in [-0.2, 0) is 4.79 Å². The van der Waals surface area contributed by atoms with Gasteiger partial charge in [-0.1, -0.05) is 18.7 Å². The van der Waals surface area contributed by atoms with Crippen LogP contribution < -0.4 is 4.74 Å². The number of benzene rings is 1. The summed E-state index contributed by atoms with van der Waals surface area (Å²) in [4.78, 5) is 13.1. The second kappa shape index (κ2) is 7.20. The second-order valence-electron chi connectivity index (χ2n) is 5.10. The van der Waals surface area contributed by atoms with E-state index in [4.69, 9.17) is 4.74 Å². The van der Waals surface area contributed by atoms with Crippen LogP contribution >= 0.6 is 0 Å². The van der Waals surface area contributed by atoms with E-state index in [2.05, 4.69) is 6.58 Å². The van der Waals surface area contributed by atoms with Gasteiger partial charge in [0, 0.05) is 17.7 Å². The summed E-state index contributed by atoms with van der Waals surface area (Å²) in [5, 5.41) is 0. The maximum Gasteiger partial charge on any atom is 0.256 e. The van der Waals surface area contributed by atoms with Gasteiger partial charge in [-0.25, -0.2) is 8.78 Å². The van der Waals surface area contributed by atoms with Gasteiger partial charge in [0.05, 0.1) is 6.54 Å². The molecule has 1 aromatic rings. The molecule has 0 saturated carbocycles. The molecule has 118 valence electrons. The van der Waals surface area contributed by atoms with Gasteiger partial charge in [0.25, 0.3) is 6.43 Å². The van der Waals surface area contributed by atoms with Crippen LogP contribution in [0, 0.1) is 6.92 Å². The molecule has 2 rings (SSSR count). The maximum absolute atomic E-state index is 12.7. The number of amides is 1. The molecule has 1 aromatic carbocycles. The van der Waals surface area contributed by atoms with E-state index in [1.54, 1.807) is 18.2 Å². The Hall–Kier alpha value is -2.17. The van der Waals surface area contributed by atoms with Crippen molar-refractivity contribution in [3.63, 3.8) is 0 Å². The van der Waals surface area contributed by atoms with E-state index < -0.39 is 13.0 Å². The third-order valence-corrected chi connectivity index (χ3v) is 3.45. The van der Waals surface area contributed by atoms with Crippen molar-refractivity contribution in [2.24, 2.45) is 0 Å². The first-order valence-electron chi connectivity index (χ1n) is 7.16. The Morgan fingerprint density at radius 1 is 1.45 bits per heavy atom. The van der Waals surface area contributed by atoms with Crippen molar-refractivity contribution >= 4 is 11.6 Å². The SMILES string of the molecule is C=CCOc1ccc(C2=CCCC(=O)N2CC(F)F)c(C)c1. The quantitative estimate of drug-likeness (QED) is 0.748. The van der Waals surface area contributed by atoms with Gasteiger partial charge in [0.1, 0.15) is 12.4 Å². The number of hydrogen-bond acceptors (Lipinski definition) is 2. The number of halogens is 2. The van der Waals surface area contributed by atoms with Gasteiger partial charge >= 0.3 is 0 Å². The average Bonchev–Trinajstić information content (AvgIpc) is 2.47. The molecule has 0 atom stereocenters. The summed E-state index contributed by atoms with van der Waals surface area (Å²) in [6, 6.07) is 5.41. The Morgan fingerprint density at radius 3 is 2.86 bits per heavy atom. The number of rotatable bonds is 6. The summed E-state index contributed by atoms with van der Waals surface area (Å²) < 4.78 is 30.9. The molecule has 22 heavy (non-hydrogen) atoms. The number of nitrogens with zero attached hydrogens (tertiary/aromatic N) is 1. The zero-order chi connectivity index (χ0) is 16.1. The van der Waals surface area contributed by atoms with E-state index in [0.29, 0.717) is 24.5 Å². The normalized spacial score (nSPS) is 15.0. The smallest absolute Gasteiger partial charge is 0.256 e. The lowest BCUT2D eigenvalue weighted by atomic mass is 10.00. The molecule has 0 unspecified atom stereocenters. The summed E-state index contributed by atoms with van der Waals surface area (Å²) in [5.74, 6) is 0.425. The zero-order valence-corrected chi connectivity index (χ0v) is 12.5. The topological polar surface area (TPSA) is 29.5 Å². The first kappa shape index (κ1) is 16.2. The molecule has 1 amide bonds. The van der Waals surface area contributed by atoms with E-state index >= 15 is 0 Å². The van der Waals surface area contributed by atoms with Crippen LogP contribution in [0.1, 0.15) is 24.0 Å². The monoisotopic (exact) mass is 307 g/mol. The Morgan fingerprint density at radius 2 is 2.23 bits per heavy atom. The summed E-state index contributed by atoms with van der Waals surface area (Å²) in [6.07, 6.45) is 1.78. The minimum absolute atomic E-state index is 0.260. The number of alkyl halides is 2. The summed E-state index contributed by atoms with van der Waals surface area (Å²) >= 11 is 0. The van der Waals surface area contributed by atoms with Crippen LogP contribution in [0.25, 0.3) is 5.70 Å². The summed E-state index contributed by atoms with van der Waals surface area (Å²) in [7, 11) is 0. The molecule has 5 heteroatoms. The third-order valence-electron chi connectivity index (χ3n) is 3.45. The van der Waals surface area contributed by atoms with Gasteiger partial charge in [-0.05, 0) is 37.1 Å². The lowest BCUT2D eigenvalue weighted by Gasteiger charge is -2.29. The number of aryl methyl sites for hydroxylation is 1. The van der Waals surface area contributed by atoms with E-state index in [1.807, 2.05) is 19.1 Å². The van der Waals surface area contributed by atoms with E-state index in [-0.39, 0.29) is 12.3 Å². The van der Waals surface area contributed by atoms with Crippen molar-refractivity contribution in [1.82, 2.24) is 4.90 Å². The molecule has 0 spiro atoms. The van der Waals surface area contributed by atoms with Crippen molar-refractivity contribution < 1.29 is 18.3 Å². The summed E-state index contributed by atoms with van der Waals surface area (Å²) in [5.41, 5.74) is 2.21. The van der Waals surface area contributed by atoms with Gasteiger partial charge < -0.3 is 9.64 Å². The molecule has 0 bridgehead atoms. The molecule has 0 aliphatic carbocycles. The van der Waals surface area contributed by atoms with Gasteiger partial charge in [-0.15, -0.1) is 0 Å². The molecule has 0 fully saturated rings. The number of ether oxygens (including phenoxy) is 1. The fraction of sp³-hybridized carbons (Fsp3) is 0.353. The number of carbonyl (C=O) groups is 1. The highest BCUT2D eigenvalue weighted by Crippen LogP contribution is 2.30. The van der Waals surface area contributed by atoms with Crippen molar-refractivity contribution in [2.75, 3.05) is 13.2 Å². The predicted octanol–water partition coefficient (Wildman–Crippen LogP) is 3.79. The minimum Gasteiger partial charge on any atom is -0.490 e. The molecular weight excluding hydrogens is 288 g/mol. The third kappa shape index (κ3) is 3.72. The van der Waals surface area contributed by atoms with Gasteiger partial charge in [0.15, 0.2) is 0 Å². The first-order chi connectivity index (χ1) is 10.5. The van der Waals surface area contributed by atoms with E-state index in [9.17, 15) is 13.6 Å². The van der Waals surface area contributed by atoms with Crippen molar-refractivity contribution in [3.05, 3.63) is 48.1 Å². The van der Waals surface area contributed by atoms with Crippen LogP contribution in [0.4, 0.5) is 8.78 Å². The van der Waals surface area contributed by atoms with Crippen LogP contribution in [0.3, 0.4) is 0 Å². The van der Waals surface area contributed by atoms with Crippen LogP contribution in [-0.4, -0.2) is 30.4 Å². The lowest BCUT2D eigenvalue weighted by Crippen LogP contribution is -2.35. The van der Waals surface area contributed by atoms with Crippen LogP contribution in [0.2, 0.25) is 0 Å². The van der Waals surface area contributed by atoms with Gasteiger partial charge in [-0.2, -0.15) is 0 Å². The Bertz CT molecular complexity index is 596.